The normalized spacial score (nSPS) is 27.8. The first-order chi connectivity index (χ1) is 19.3. The monoisotopic (exact) mass is 565 g/mol. The van der Waals surface area contributed by atoms with Crippen molar-refractivity contribution in [1.29, 1.82) is 0 Å². The van der Waals surface area contributed by atoms with Crippen molar-refractivity contribution in [1.82, 2.24) is 15.6 Å². The molecule has 4 aliphatic rings. The molecule has 10 heteroatoms. The SMILES string of the molecule is CC(C)(C)OC(=O)NC(Cc1cnco1)C(=O)N[C@@H](CCCc1ccccc1)B1O[C@@H]2C[C@@H]3C[C@@H](C3(C)C)[C@]2(C)O1. The van der Waals surface area contributed by atoms with E-state index in [0.717, 1.165) is 25.7 Å². The topological polar surface area (TPSA) is 112 Å². The van der Waals surface area contributed by atoms with Gasteiger partial charge in [-0.05, 0) is 82.6 Å². The molecule has 0 radical (unpaired) electrons. The molecule has 1 unspecified atom stereocenters. The van der Waals surface area contributed by atoms with Gasteiger partial charge in [0.25, 0.3) is 0 Å². The number of carbonyl (C=O) groups is 2. The number of rotatable bonds is 10. The lowest BCUT2D eigenvalue weighted by atomic mass is 9.43. The fourth-order valence-corrected chi connectivity index (χ4v) is 7.00. The van der Waals surface area contributed by atoms with Gasteiger partial charge in [-0.15, -0.1) is 0 Å². The highest BCUT2D eigenvalue weighted by Crippen LogP contribution is 2.65. The van der Waals surface area contributed by atoms with Crippen LogP contribution in [0.5, 0.6) is 0 Å². The second-order valence-corrected chi connectivity index (χ2v) is 13.7. The highest BCUT2D eigenvalue weighted by molar-refractivity contribution is 6.47. The largest absolute Gasteiger partial charge is 0.481 e. The summed E-state index contributed by atoms with van der Waals surface area (Å²) in [4.78, 5) is 30.4. The number of ether oxygens (including phenoxy) is 1. The van der Waals surface area contributed by atoms with E-state index in [1.807, 2.05) is 18.2 Å². The van der Waals surface area contributed by atoms with Gasteiger partial charge in [0.2, 0.25) is 5.91 Å². The van der Waals surface area contributed by atoms with Gasteiger partial charge in [0.05, 0.1) is 23.8 Å². The van der Waals surface area contributed by atoms with Crippen LogP contribution < -0.4 is 10.6 Å². The first kappa shape index (κ1) is 29.6. The van der Waals surface area contributed by atoms with Gasteiger partial charge in [-0.1, -0.05) is 44.2 Å². The van der Waals surface area contributed by atoms with Gasteiger partial charge >= 0.3 is 13.2 Å². The fraction of sp³-hybridized carbons (Fsp3) is 0.645. The summed E-state index contributed by atoms with van der Waals surface area (Å²) in [5.41, 5.74) is 0.362. The summed E-state index contributed by atoms with van der Waals surface area (Å²) in [5.74, 6) is 0.775. The van der Waals surface area contributed by atoms with Gasteiger partial charge in [0.1, 0.15) is 17.4 Å². The summed E-state index contributed by atoms with van der Waals surface area (Å²) in [6.07, 6.45) is 6.79. The van der Waals surface area contributed by atoms with Crippen LogP contribution in [0.15, 0.2) is 47.3 Å². The Morgan fingerprint density at radius 1 is 1.15 bits per heavy atom. The van der Waals surface area contributed by atoms with Gasteiger partial charge in [0.15, 0.2) is 6.39 Å². The van der Waals surface area contributed by atoms with E-state index in [9.17, 15) is 9.59 Å². The lowest BCUT2D eigenvalue weighted by Gasteiger charge is -2.64. The van der Waals surface area contributed by atoms with Crippen LogP contribution in [0.1, 0.15) is 78.5 Å². The maximum Gasteiger partial charge on any atom is 0.481 e. The van der Waals surface area contributed by atoms with E-state index in [1.165, 1.54) is 18.2 Å². The average molecular weight is 566 g/mol. The molecule has 9 nitrogen and oxygen atoms in total. The van der Waals surface area contributed by atoms with E-state index >= 15 is 0 Å². The van der Waals surface area contributed by atoms with E-state index in [1.54, 1.807) is 20.8 Å². The van der Waals surface area contributed by atoms with Crippen molar-refractivity contribution in [3.8, 4) is 0 Å². The summed E-state index contributed by atoms with van der Waals surface area (Å²) >= 11 is 0. The van der Waals surface area contributed by atoms with Gasteiger partial charge in [-0.25, -0.2) is 9.78 Å². The molecule has 6 rings (SSSR count). The minimum absolute atomic E-state index is 0.00248. The molecule has 1 aromatic heterocycles. The Hall–Kier alpha value is -2.85. The minimum Gasteiger partial charge on any atom is -0.448 e. The van der Waals surface area contributed by atoms with E-state index in [4.69, 9.17) is 18.5 Å². The number of benzene rings is 1. The zero-order valence-corrected chi connectivity index (χ0v) is 25.1. The van der Waals surface area contributed by atoms with Crippen LogP contribution in [-0.2, 0) is 31.7 Å². The predicted octanol–water partition coefficient (Wildman–Crippen LogP) is 4.89. The maximum absolute atomic E-state index is 13.8. The second kappa shape index (κ2) is 11.4. The second-order valence-electron chi connectivity index (χ2n) is 13.7. The Labute approximate surface area is 243 Å². The summed E-state index contributed by atoms with van der Waals surface area (Å²) in [5, 5.41) is 5.91. The van der Waals surface area contributed by atoms with E-state index < -0.39 is 30.8 Å². The number of hydrogen-bond acceptors (Lipinski definition) is 7. The summed E-state index contributed by atoms with van der Waals surface area (Å²) < 4.78 is 24.2. The highest BCUT2D eigenvalue weighted by Gasteiger charge is 2.68. The third-order valence-corrected chi connectivity index (χ3v) is 9.34. The van der Waals surface area contributed by atoms with Crippen LogP contribution in [0.4, 0.5) is 4.79 Å². The van der Waals surface area contributed by atoms with Crippen LogP contribution in [0.3, 0.4) is 0 Å². The molecule has 6 atom stereocenters. The van der Waals surface area contributed by atoms with Crippen molar-refractivity contribution >= 4 is 19.1 Å². The molecule has 41 heavy (non-hydrogen) atoms. The summed E-state index contributed by atoms with van der Waals surface area (Å²) in [6, 6.07) is 9.37. The van der Waals surface area contributed by atoms with Crippen molar-refractivity contribution in [2.45, 2.75) is 109 Å². The number of amides is 2. The summed E-state index contributed by atoms with van der Waals surface area (Å²) in [7, 11) is -0.577. The van der Waals surface area contributed by atoms with Crippen LogP contribution in [0.25, 0.3) is 0 Å². The molecule has 222 valence electrons. The Kier molecular flexibility index (Phi) is 8.27. The molecule has 4 fully saturated rings. The number of nitrogens with zero attached hydrogens (tertiary/aromatic N) is 1. The maximum atomic E-state index is 13.8. The molecule has 2 heterocycles. The van der Waals surface area contributed by atoms with Crippen LogP contribution >= 0.6 is 0 Å². The fourth-order valence-electron chi connectivity index (χ4n) is 7.00. The standard InChI is InChI=1S/C31H44BN3O6/c1-29(2,3)39-28(37)34-23(17-22-18-33-19-38-22)27(36)35-26(14-10-13-20-11-8-7-9-12-20)32-40-25-16-21-15-24(30(21,4)5)31(25,6)41-32/h7-9,11-12,18-19,21,23-26H,10,13-17H2,1-6H3,(H,34,37)(H,35,36)/t21-,23?,24-,25+,26-,31-/m0/s1. The lowest BCUT2D eigenvalue weighted by Crippen LogP contribution is -2.65. The molecule has 1 aromatic carbocycles. The van der Waals surface area contributed by atoms with E-state index in [-0.39, 0.29) is 29.4 Å². The minimum atomic E-state index is -0.930. The Morgan fingerprint density at radius 3 is 2.56 bits per heavy atom. The molecule has 2 amide bonds. The molecular formula is C31H44BN3O6. The number of carbonyl (C=O) groups excluding carboxylic acids is 2. The Balaban J connectivity index is 1.32. The van der Waals surface area contributed by atoms with Crippen molar-refractivity contribution in [3.63, 3.8) is 0 Å². The number of alkyl carbamates (subject to hydrolysis) is 1. The Bertz CT molecular complexity index is 1200. The van der Waals surface area contributed by atoms with Crippen LogP contribution in [0.2, 0.25) is 0 Å². The van der Waals surface area contributed by atoms with Crippen molar-refractivity contribution in [2.75, 3.05) is 0 Å². The van der Waals surface area contributed by atoms with E-state index in [2.05, 4.69) is 48.5 Å². The van der Waals surface area contributed by atoms with Gasteiger partial charge in [-0.3, -0.25) is 4.79 Å². The first-order valence-corrected chi connectivity index (χ1v) is 14.9. The van der Waals surface area contributed by atoms with Crippen LogP contribution in [0, 0.1) is 17.3 Å². The number of aryl methyl sites for hydroxylation is 1. The molecule has 2 N–H and O–H groups in total. The van der Waals surface area contributed by atoms with Crippen molar-refractivity contribution in [2.24, 2.45) is 17.3 Å². The van der Waals surface area contributed by atoms with E-state index in [0.29, 0.717) is 24.0 Å². The molecule has 0 spiro atoms. The molecule has 1 aliphatic heterocycles. The Morgan fingerprint density at radius 2 is 1.90 bits per heavy atom. The number of hydrogen-bond donors (Lipinski definition) is 2. The predicted molar refractivity (Wildman–Crippen MR) is 155 cm³/mol. The summed E-state index contributed by atoms with van der Waals surface area (Å²) in [6.45, 7) is 12.2. The van der Waals surface area contributed by atoms with Crippen LogP contribution in [-0.4, -0.2) is 53.4 Å². The van der Waals surface area contributed by atoms with Gasteiger partial charge in [-0.2, -0.15) is 0 Å². The van der Waals surface area contributed by atoms with Crippen molar-refractivity contribution in [3.05, 3.63) is 54.2 Å². The zero-order valence-electron chi connectivity index (χ0n) is 25.1. The highest BCUT2D eigenvalue weighted by atomic mass is 16.7. The van der Waals surface area contributed by atoms with Gasteiger partial charge < -0.3 is 29.1 Å². The lowest BCUT2D eigenvalue weighted by molar-refractivity contribution is -0.199. The number of aromatic nitrogens is 1. The zero-order chi connectivity index (χ0) is 29.4. The first-order valence-electron chi connectivity index (χ1n) is 14.9. The van der Waals surface area contributed by atoms with Gasteiger partial charge in [0, 0.05) is 6.42 Å². The molecule has 3 aliphatic carbocycles. The number of nitrogens with one attached hydrogen (secondary N) is 2. The smallest absolute Gasteiger partial charge is 0.448 e. The molecule has 2 aromatic rings. The molecule has 1 saturated heterocycles. The number of oxazole rings is 1. The average Bonchev–Trinajstić information content (AvgIpc) is 3.53. The molecule has 3 saturated carbocycles. The quantitative estimate of drug-likeness (QED) is 0.395. The molecule has 2 bridgehead atoms. The third kappa shape index (κ3) is 6.48. The third-order valence-electron chi connectivity index (χ3n) is 9.34. The van der Waals surface area contributed by atoms with Crippen molar-refractivity contribution < 1.29 is 28.1 Å². The molecular weight excluding hydrogens is 521 g/mol.